The van der Waals surface area contributed by atoms with Gasteiger partial charge in [-0.3, -0.25) is 4.79 Å². The summed E-state index contributed by atoms with van der Waals surface area (Å²) < 4.78 is 0. The minimum Gasteiger partial charge on any atom is -0.383 e. The van der Waals surface area contributed by atoms with Crippen LogP contribution in [0.5, 0.6) is 0 Å². The van der Waals surface area contributed by atoms with Crippen molar-refractivity contribution in [1.29, 1.82) is 0 Å². The third-order valence-corrected chi connectivity index (χ3v) is 5.27. The maximum atomic E-state index is 12.0. The number of rotatable bonds is 3. The lowest BCUT2D eigenvalue weighted by Gasteiger charge is -2.18. The van der Waals surface area contributed by atoms with Crippen LogP contribution in [0.1, 0.15) is 48.4 Å². The zero-order chi connectivity index (χ0) is 15.2. The van der Waals surface area contributed by atoms with Crippen LogP contribution in [-0.4, -0.2) is 11.0 Å². The number of thiophene rings is 1. The van der Waals surface area contributed by atoms with E-state index in [0.717, 1.165) is 28.1 Å². The van der Waals surface area contributed by atoms with Crippen molar-refractivity contribution >= 4 is 22.9 Å². The van der Waals surface area contributed by atoms with Crippen molar-refractivity contribution < 1.29 is 9.90 Å². The average molecular weight is 301 g/mol. The van der Waals surface area contributed by atoms with E-state index in [2.05, 4.69) is 18.3 Å². The lowest BCUT2D eigenvalue weighted by molar-refractivity contribution is -0.119. The molecule has 2 heterocycles. The molecule has 1 unspecified atom stereocenters. The van der Waals surface area contributed by atoms with Gasteiger partial charge >= 0.3 is 0 Å². The Hall–Kier alpha value is -1.65. The van der Waals surface area contributed by atoms with Gasteiger partial charge in [0.2, 0.25) is 5.91 Å². The number of hydrogen-bond donors (Lipinski definition) is 2. The van der Waals surface area contributed by atoms with Gasteiger partial charge in [0, 0.05) is 10.6 Å². The standard InChI is InChI=1S/C17H19NO2S/c1-4-10-7-8-21-15(10)14(19)11-5-6-13-12(9-11)17(2,3)16(20)18-13/h5-9,14,19H,4H2,1-3H3,(H,18,20). The summed E-state index contributed by atoms with van der Waals surface area (Å²) in [4.78, 5) is 13.0. The van der Waals surface area contributed by atoms with Crippen LogP contribution >= 0.6 is 11.3 Å². The summed E-state index contributed by atoms with van der Waals surface area (Å²) in [5.74, 6) is 0.00881. The number of hydrogen-bond acceptors (Lipinski definition) is 3. The smallest absolute Gasteiger partial charge is 0.234 e. The van der Waals surface area contributed by atoms with E-state index in [1.165, 1.54) is 5.56 Å². The minimum atomic E-state index is -0.628. The lowest BCUT2D eigenvalue weighted by atomic mass is 9.85. The number of aliphatic hydroxyl groups is 1. The van der Waals surface area contributed by atoms with E-state index < -0.39 is 11.5 Å². The second kappa shape index (κ2) is 4.97. The van der Waals surface area contributed by atoms with Crippen molar-refractivity contribution in [3.63, 3.8) is 0 Å². The van der Waals surface area contributed by atoms with Crippen molar-refractivity contribution in [3.05, 3.63) is 51.2 Å². The molecule has 1 aliphatic heterocycles. The van der Waals surface area contributed by atoms with E-state index in [-0.39, 0.29) is 5.91 Å². The third kappa shape index (κ3) is 2.19. The summed E-state index contributed by atoms with van der Waals surface area (Å²) in [6, 6.07) is 7.80. The van der Waals surface area contributed by atoms with Gasteiger partial charge < -0.3 is 10.4 Å². The third-order valence-electron chi connectivity index (χ3n) is 4.26. The number of aryl methyl sites for hydroxylation is 1. The number of carbonyl (C=O) groups is 1. The summed E-state index contributed by atoms with van der Waals surface area (Å²) >= 11 is 1.58. The summed E-state index contributed by atoms with van der Waals surface area (Å²) in [6.45, 7) is 5.91. The van der Waals surface area contributed by atoms with Gasteiger partial charge in [-0.25, -0.2) is 0 Å². The fourth-order valence-electron chi connectivity index (χ4n) is 2.79. The van der Waals surface area contributed by atoms with E-state index in [9.17, 15) is 9.90 Å². The zero-order valence-corrected chi connectivity index (χ0v) is 13.3. The highest BCUT2D eigenvalue weighted by Gasteiger charge is 2.38. The first-order chi connectivity index (χ1) is 9.95. The first kappa shape index (κ1) is 14.3. The molecule has 4 heteroatoms. The Bertz CT molecular complexity index is 703. The number of fused-ring (bicyclic) bond motifs is 1. The van der Waals surface area contributed by atoms with Gasteiger partial charge in [0.15, 0.2) is 0 Å². The van der Waals surface area contributed by atoms with Crippen LogP contribution in [0.15, 0.2) is 29.6 Å². The number of aliphatic hydroxyl groups excluding tert-OH is 1. The van der Waals surface area contributed by atoms with Crippen LogP contribution < -0.4 is 5.32 Å². The Kier molecular flexibility index (Phi) is 3.38. The van der Waals surface area contributed by atoms with E-state index in [0.29, 0.717) is 0 Å². The topological polar surface area (TPSA) is 49.3 Å². The number of nitrogens with one attached hydrogen (secondary N) is 1. The summed E-state index contributed by atoms with van der Waals surface area (Å²) in [7, 11) is 0. The molecule has 21 heavy (non-hydrogen) atoms. The second-order valence-corrected chi connectivity index (χ2v) is 6.90. The zero-order valence-electron chi connectivity index (χ0n) is 12.4. The molecule has 3 rings (SSSR count). The highest BCUT2D eigenvalue weighted by atomic mass is 32.1. The lowest BCUT2D eigenvalue weighted by Crippen LogP contribution is -2.26. The normalized spacial score (nSPS) is 17.4. The fraction of sp³-hybridized carbons (Fsp3) is 0.353. The number of amides is 1. The molecule has 0 fully saturated rings. The van der Waals surface area contributed by atoms with Gasteiger partial charge in [0.1, 0.15) is 6.10 Å². The highest BCUT2D eigenvalue weighted by Crippen LogP contribution is 2.40. The molecule has 1 atom stereocenters. The molecule has 2 N–H and O–H groups in total. The molecule has 1 aliphatic rings. The van der Waals surface area contributed by atoms with Crippen LogP contribution in [0.4, 0.5) is 5.69 Å². The quantitative estimate of drug-likeness (QED) is 0.909. The molecule has 0 spiro atoms. The molecule has 0 bridgehead atoms. The molecule has 110 valence electrons. The van der Waals surface area contributed by atoms with E-state index >= 15 is 0 Å². The summed E-state index contributed by atoms with van der Waals surface area (Å²) in [5, 5.41) is 15.6. The van der Waals surface area contributed by atoms with Crippen LogP contribution in [-0.2, 0) is 16.6 Å². The first-order valence-corrected chi connectivity index (χ1v) is 8.03. The minimum absolute atomic E-state index is 0.00881. The molecule has 0 saturated carbocycles. The monoisotopic (exact) mass is 301 g/mol. The van der Waals surface area contributed by atoms with Crippen LogP contribution in [0.25, 0.3) is 0 Å². The van der Waals surface area contributed by atoms with Crippen molar-refractivity contribution in [3.8, 4) is 0 Å². The van der Waals surface area contributed by atoms with Crippen molar-refractivity contribution in [2.24, 2.45) is 0 Å². The van der Waals surface area contributed by atoms with E-state index in [1.54, 1.807) is 11.3 Å². The molecule has 0 radical (unpaired) electrons. The SMILES string of the molecule is CCc1ccsc1C(O)c1ccc2c(c1)C(C)(C)C(=O)N2. The molecule has 1 aromatic heterocycles. The van der Waals surface area contributed by atoms with E-state index in [4.69, 9.17) is 0 Å². The van der Waals surface area contributed by atoms with Gasteiger partial charge in [-0.05, 0) is 60.5 Å². The van der Waals surface area contributed by atoms with Gasteiger partial charge in [0.25, 0.3) is 0 Å². The van der Waals surface area contributed by atoms with Crippen LogP contribution in [0.2, 0.25) is 0 Å². The molecule has 2 aromatic rings. The van der Waals surface area contributed by atoms with Crippen LogP contribution in [0.3, 0.4) is 0 Å². The van der Waals surface area contributed by atoms with Crippen molar-refractivity contribution in [2.75, 3.05) is 5.32 Å². The molecular weight excluding hydrogens is 282 g/mol. The predicted octanol–water partition coefficient (Wildman–Crippen LogP) is 3.62. The molecule has 1 amide bonds. The molecular formula is C17H19NO2S. The van der Waals surface area contributed by atoms with E-state index in [1.807, 2.05) is 37.4 Å². The number of benzene rings is 1. The summed E-state index contributed by atoms with van der Waals surface area (Å²) in [5.41, 5.74) is 3.28. The summed E-state index contributed by atoms with van der Waals surface area (Å²) in [6.07, 6.45) is 0.281. The Labute approximate surface area is 128 Å². The number of anilines is 1. The maximum Gasteiger partial charge on any atom is 0.234 e. The van der Waals surface area contributed by atoms with Gasteiger partial charge in [-0.1, -0.05) is 13.0 Å². The molecule has 0 aliphatic carbocycles. The molecule has 3 nitrogen and oxygen atoms in total. The Balaban J connectivity index is 2.02. The van der Waals surface area contributed by atoms with Gasteiger partial charge in [-0.15, -0.1) is 11.3 Å². The average Bonchev–Trinajstić information content (AvgIpc) is 3.02. The Morgan fingerprint density at radius 2 is 2.10 bits per heavy atom. The molecule has 0 saturated heterocycles. The van der Waals surface area contributed by atoms with Crippen molar-refractivity contribution in [1.82, 2.24) is 0 Å². The predicted molar refractivity (Wildman–Crippen MR) is 85.9 cm³/mol. The highest BCUT2D eigenvalue weighted by molar-refractivity contribution is 7.10. The maximum absolute atomic E-state index is 12.0. The Morgan fingerprint density at radius 3 is 2.81 bits per heavy atom. The second-order valence-electron chi connectivity index (χ2n) is 5.95. The Morgan fingerprint density at radius 1 is 1.33 bits per heavy atom. The van der Waals surface area contributed by atoms with Gasteiger partial charge in [-0.2, -0.15) is 0 Å². The largest absolute Gasteiger partial charge is 0.383 e. The van der Waals surface area contributed by atoms with Crippen LogP contribution in [0, 0.1) is 0 Å². The molecule has 1 aromatic carbocycles. The first-order valence-electron chi connectivity index (χ1n) is 7.15. The van der Waals surface area contributed by atoms with Crippen molar-refractivity contribution in [2.45, 2.75) is 38.7 Å². The fourth-order valence-corrected chi connectivity index (χ4v) is 3.80. The number of carbonyl (C=O) groups excluding carboxylic acids is 1. The van der Waals surface area contributed by atoms with Gasteiger partial charge in [0.05, 0.1) is 5.41 Å².